The molecule has 0 bridgehead atoms. The highest BCUT2D eigenvalue weighted by atomic mass is 16.3. The van der Waals surface area contributed by atoms with E-state index in [1.165, 1.54) is 5.57 Å². The quantitative estimate of drug-likeness (QED) is 0.556. The fourth-order valence-corrected chi connectivity index (χ4v) is 1.74. The minimum Gasteiger partial charge on any atom is -0.388 e. The summed E-state index contributed by atoms with van der Waals surface area (Å²) in [5.74, 6) is 0. The van der Waals surface area contributed by atoms with Crippen molar-refractivity contribution in [3.63, 3.8) is 0 Å². The lowest BCUT2D eigenvalue weighted by Crippen LogP contribution is -2.01. The third-order valence-electron chi connectivity index (χ3n) is 2.37. The molecule has 0 aliphatic heterocycles. The van der Waals surface area contributed by atoms with Gasteiger partial charge in [0.1, 0.15) is 0 Å². The van der Waals surface area contributed by atoms with E-state index in [2.05, 4.69) is 6.08 Å². The zero-order chi connectivity index (χ0) is 7.68. The molecular weight excluding hydrogens is 136 g/mol. The molecule has 1 atom stereocenters. The largest absolute Gasteiger partial charge is 0.388 e. The van der Waals surface area contributed by atoms with Gasteiger partial charge in [-0.2, -0.15) is 0 Å². The Morgan fingerprint density at radius 1 is 1.36 bits per heavy atom. The van der Waals surface area contributed by atoms with Gasteiger partial charge in [-0.1, -0.05) is 29.9 Å². The molecule has 0 aromatic rings. The lowest BCUT2D eigenvalue weighted by molar-refractivity contribution is 0.215. The van der Waals surface area contributed by atoms with Crippen molar-refractivity contribution in [3.8, 4) is 0 Å². The predicted molar refractivity (Wildman–Crippen MR) is 45.2 cm³/mol. The Kier molecular flexibility index (Phi) is 1.66. The zero-order valence-corrected chi connectivity index (χ0v) is 6.46. The van der Waals surface area contributed by atoms with Crippen LogP contribution in [0.2, 0.25) is 0 Å². The molecule has 0 saturated heterocycles. The maximum Gasteiger partial charge on any atom is 0.0792 e. The van der Waals surface area contributed by atoms with Gasteiger partial charge in [0, 0.05) is 0 Å². The maximum atomic E-state index is 9.51. The van der Waals surface area contributed by atoms with Gasteiger partial charge in [-0.3, -0.25) is 0 Å². The topological polar surface area (TPSA) is 20.2 Å². The molecule has 0 aromatic carbocycles. The highest BCUT2D eigenvalue weighted by Crippen LogP contribution is 2.31. The summed E-state index contributed by atoms with van der Waals surface area (Å²) in [4.78, 5) is 0. The van der Waals surface area contributed by atoms with Crippen molar-refractivity contribution in [2.75, 3.05) is 0 Å². The van der Waals surface area contributed by atoms with E-state index in [-0.39, 0.29) is 6.10 Å². The first-order chi connectivity index (χ1) is 5.38. The second kappa shape index (κ2) is 2.67. The van der Waals surface area contributed by atoms with Crippen LogP contribution in [0.1, 0.15) is 19.3 Å². The third-order valence-corrected chi connectivity index (χ3v) is 2.37. The van der Waals surface area contributed by atoms with Gasteiger partial charge in [0.2, 0.25) is 0 Å². The van der Waals surface area contributed by atoms with Crippen LogP contribution >= 0.6 is 0 Å². The molecule has 0 fully saturated rings. The van der Waals surface area contributed by atoms with Crippen molar-refractivity contribution < 1.29 is 5.11 Å². The summed E-state index contributed by atoms with van der Waals surface area (Å²) < 4.78 is 0. The Hall–Kier alpha value is -0.820. The minimum atomic E-state index is -0.193. The molecule has 2 aliphatic carbocycles. The first-order valence-corrected chi connectivity index (χ1v) is 4.11. The van der Waals surface area contributed by atoms with Crippen molar-refractivity contribution in [1.82, 2.24) is 0 Å². The van der Waals surface area contributed by atoms with Crippen molar-refractivity contribution in [2.24, 2.45) is 0 Å². The summed E-state index contributed by atoms with van der Waals surface area (Å²) in [6.45, 7) is 0. The van der Waals surface area contributed by atoms with Crippen LogP contribution < -0.4 is 0 Å². The average molecular weight is 148 g/mol. The summed E-state index contributed by atoms with van der Waals surface area (Å²) >= 11 is 0. The molecule has 0 aromatic heterocycles. The first-order valence-electron chi connectivity index (χ1n) is 4.11. The summed E-state index contributed by atoms with van der Waals surface area (Å²) in [6.07, 6.45) is 11.1. The number of hydrogen-bond donors (Lipinski definition) is 1. The fraction of sp³-hybridized carbons (Fsp3) is 0.400. The lowest BCUT2D eigenvalue weighted by atomic mass is 10.1. The standard InChI is InChI=1S/C10H12O/c11-10-7-6-8-4-2-1-3-5-9(8)10/h1-3,5,10-11H,4,6-7H2. The van der Waals surface area contributed by atoms with E-state index in [1.807, 2.05) is 18.2 Å². The second-order valence-electron chi connectivity index (χ2n) is 3.10. The van der Waals surface area contributed by atoms with Gasteiger partial charge in [0.25, 0.3) is 0 Å². The van der Waals surface area contributed by atoms with E-state index in [9.17, 15) is 5.11 Å². The summed E-state index contributed by atoms with van der Waals surface area (Å²) in [7, 11) is 0. The van der Waals surface area contributed by atoms with E-state index in [4.69, 9.17) is 0 Å². The SMILES string of the molecule is OC1CCC2=C1C=CC=CC2. The van der Waals surface area contributed by atoms with Gasteiger partial charge >= 0.3 is 0 Å². The van der Waals surface area contributed by atoms with E-state index in [0.717, 1.165) is 24.8 Å². The zero-order valence-electron chi connectivity index (χ0n) is 6.46. The van der Waals surface area contributed by atoms with Crippen LogP contribution in [0.3, 0.4) is 0 Å². The second-order valence-corrected chi connectivity index (χ2v) is 3.10. The van der Waals surface area contributed by atoms with E-state index >= 15 is 0 Å². The van der Waals surface area contributed by atoms with Gasteiger partial charge in [-0.25, -0.2) is 0 Å². The molecule has 11 heavy (non-hydrogen) atoms. The van der Waals surface area contributed by atoms with Gasteiger partial charge in [-0.05, 0) is 24.8 Å². The number of aliphatic hydroxyl groups excluding tert-OH is 1. The average Bonchev–Trinajstić information content (AvgIpc) is 2.25. The van der Waals surface area contributed by atoms with Crippen LogP contribution in [0, 0.1) is 0 Å². The number of rotatable bonds is 0. The summed E-state index contributed by atoms with van der Waals surface area (Å²) in [5, 5.41) is 9.51. The van der Waals surface area contributed by atoms with Crippen LogP contribution in [-0.2, 0) is 0 Å². The smallest absolute Gasteiger partial charge is 0.0792 e. The molecule has 58 valence electrons. The first kappa shape index (κ1) is 6.86. The Labute approximate surface area is 66.7 Å². The normalized spacial score (nSPS) is 29.0. The molecule has 1 unspecified atom stereocenters. The molecule has 0 saturated carbocycles. The van der Waals surface area contributed by atoms with Gasteiger partial charge in [-0.15, -0.1) is 0 Å². The summed E-state index contributed by atoms with van der Waals surface area (Å²) in [5.41, 5.74) is 2.58. The molecule has 2 rings (SSSR count). The molecule has 1 N–H and O–H groups in total. The lowest BCUT2D eigenvalue weighted by Gasteiger charge is -2.02. The highest BCUT2D eigenvalue weighted by Gasteiger charge is 2.20. The van der Waals surface area contributed by atoms with Crippen molar-refractivity contribution >= 4 is 0 Å². The van der Waals surface area contributed by atoms with Crippen LogP contribution in [-0.4, -0.2) is 11.2 Å². The van der Waals surface area contributed by atoms with E-state index in [1.54, 1.807) is 0 Å². The monoisotopic (exact) mass is 148 g/mol. The van der Waals surface area contributed by atoms with Crippen molar-refractivity contribution in [2.45, 2.75) is 25.4 Å². The van der Waals surface area contributed by atoms with Crippen LogP contribution in [0.15, 0.2) is 35.5 Å². The molecule has 2 aliphatic rings. The minimum absolute atomic E-state index is 0.193. The van der Waals surface area contributed by atoms with E-state index in [0.29, 0.717) is 0 Å². The van der Waals surface area contributed by atoms with Crippen molar-refractivity contribution in [3.05, 3.63) is 35.5 Å². The Balaban J connectivity index is 2.32. The molecule has 0 heterocycles. The molecular formula is C10H12O. The van der Waals surface area contributed by atoms with Gasteiger partial charge in [0.15, 0.2) is 0 Å². The maximum absolute atomic E-state index is 9.51. The fourth-order valence-electron chi connectivity index (χ4n) is 1.74. The molecule has 0 radical (unpaired) electrons. The van der Waals surface area contributed by atoms with E-state index < -0.39 is 0 Å². The Bertz CT molecular complexity index is 246. The molecule has 1 heteroatoms. The Morgan fingerprint density at radius 3 is 3.18 bits per heavy atom. The number of aliphatic hydroxyl groups is 1. The molecule has 1 nitrogen and oxygen atoms in total. The molecule has 0 amide bonds. The van der Waals surface area contributed by atoms with Crippen LogP contribution in [0.4, 0.5) is 0 Å². The highest BCUT2D eigenvalue weighted by molar-refractivity contribution is 5.38. The number of allylic oxidation sites excluding steroid dienone is 4. The third kappa shape index (κ3) is 1.16. The van der Waals surface area contributed by atoms with Gasteiger partial charge in [0.05, 0.1) is 6.10 Å². The summed E-state index contributed by atoms with van der Waals surface area (Å²) in [6, 6.07) is 0. The van der Waals surface area contributed by atoms with Crippen LogP contribution in [0.5, 0.6) is 0 Å². The van der Waals surface area contributed by atoms with Crippen molar-refractivity contribution in [1.29, 1.82) is 0 Å². The predicted octanol–water partition coefficient (Wildman–Crippen LogP) is 1.95. The number of hydrogen-bond acceptors (Lipinski definition) is 1. The Morgan fingerprint density at radius 2 is 2.27 bits per heavy atom. The van der Waals surface area contributed by atoms with Crippen LogP contribution in [0.25, 0.3) is 0 Å². The molecule has 0 spiro atoms. The van der Waals surface area contributed by atoms with Gasteiger partial charge < -0.3 is 5.11 Å².